The number of hydrogen-bond donors (Lipinski definition) is 2. The largest absolute Gasteiger partial charge is 0.494 e. The number of alkyl halides is 6. The molecule has 3 aromatic rings. The summed E-state index contributed by atoms with van der Waals surface area (Å²) in [6.45, 7) is 1.54. The van der Waals surface area contributed by atoms with Crippen molar-refractivity contribution < 1.29 is 35.9 Å². The molecule has 0 radical (unpaired) electrons. The van der Waals surface area contributed by atoms with E-state index in [-0.39, 0.29) is 41.3 Å². The first kappa shape index (κ1) is 25.7. The van der Waals surface area contributed by atoms with Crippen molar-refractivity contribution in [1.29, 1.82) is 0 Å². The zero-order valence-corrected chi connectivity index (χ0v) is 19.4. The van der Waals surface area contributed by atoms with Crippen LogP contribution in [0.2, 0.25) is 0 Å². The summed E-state index contributed by atoms with van der Waals surface area (Å²) in [4.78, 5) is 14.4. The summed E-state index contributed by atoms with van der Waals surface area (Å²) in [5, 5.41) is 15.1. The predicted octanol–water partition coefficient (Wildman–Crippen LogP) is 5.18. The van der Waals surface area contributed by atoms with Gasteiger partial charge >= 0.3 is 12.4 Å². The predicted molar refractivity (Wildman–Crippen MR) is 118 cm³/mol. The lowest BCUT2D eigenvalue weighted by molar-refractivity contribution is -0.201. The quantitative estimate of drug-likeness (QED) is 0.324. The molecule has 1 atom stereocenters. The van der Waals surface area contributed by atoms with Crippen LogP contribution in [0.5, 0.6) is 5.75 Å². The number of hydrogen-bond acceptors (Lipinski definition) is 6. The van der Waals surface area contributed by atoms with E-state index in [0.717, 1.165) is 17.0 Å². The summed E-state index contributed by atoms with van der Waals surface area (Å²) >= 11 is 1.23. The Morgan fingerprint density at radius 2 is 1.81 bits per heavy atom. The number of nitrogens with one attached hydrogen (secondary N) is 2. The molecule has 0 aliphatic carbocycles. The highest BCUT2D eigenvalue weighted by Crippen LogP contribution is 2.50. The first-order valence-corrected chi connectivity index (χ1v) is 11.4. The molecule has 1 aliphatic heterocycles. The Bertz CT molecular complexity index is 1250. The molecule has 2 aromatic heterocycles. The zero-order chi connectivity index (χ0) is 26.1. The van der Waals surface area contributed by atoms with Gasteiger partial charge in [-0.25, -0.2) is 5.10 Å². The summed E-state index contributed by atoms with van der Waals surface area (Å²) in [6.07, 6.45) is -11.2. The number of nitrogens with zero attached hydrogens (tertiary/aromatic N) is 3. The minimum atomic E-state index is -4.90. The lowest BCUT2D eigenvalue weighted by atomic mass is 9.78. The maximum absolute atomic E-state index is 14.7. The molecule has 4 rings (SSSR count). The van der Waals surface area contributed by atoms with Gasteiger partial charge in [-0.05, 0) is 59.2 Å². The molecule has 3 heterocycles. The van der Waals surface area contributed by atoms with E-state index in [1.54, 1.807) is 19.1 Å². The van der Waals surface area contributed by atoms with Crippen LogP contribution < -0.4 is 10.1 Å². The lowest BCUT2D eigenvalue weighted by Crippen LogP contribution is -2.58. The second kappa shape index (κ2) is 9.56. The maximum atomic E-state index is 14.7. The Morgan fingerprint density at radius 3 is 2.36 bits per heavy atom. The van der Waals surface area contributed by atoms with Crippen molar-refractivity contribution in [3.05, 3.63) is 57.5 Å². The Hall–Kier alpha value is -3.42. The van der Waals surface area contributed by atoms with Gasteiger partial charge < -0.3 is 10.1 Å². The number of aryl methyl sites for hydroxylation is 1. The van der Waals surface area contributed by atoms with Gasteiger partial charge in [-0.1, -0.05) is 12.1 Å². The molecule has 36 heavy (non-hydrogen) atoms. The standard InChI is InChI=1S/C22H19F6N5O2S/c1-12-3-8-16(36-12)15-11-20(22(26,27)28,29-19(34)17(15)18-30-32-33-31-18)13-4-6-14(7-5-13)35-10-2-9-21(23,24)25/h3-8H,2,9-11H2,1H3,(H,29,34)(H,30,31,32,33). The maximum Gasteiger partial charge on any atom is 0.416 e. The number of H-pyrrole nitrogens is 1. The van der Waals surface area contributed by atoms with Gasteiger partial charge in [0.05, 0.1) is 12.2 Å². The van der Waals surface area contributed by atoms with E-state index >= 15 is 0 Å². The molecule has 1 aliphatic rings. The minimum Gasteiger partial charge on any atom is -0.494 e. The normalized spacial score (nSPS) is 18.9. The van der Waals surface area contributed by atoms with Gasteiger partial charge in [0.25, 0.3) is 5.91 Å². The molecule has 0 saturated carbocycles. The van der Waals surface area contributed by atoms with Gasteiger partial charge in [-0.2, -0.15) is 26.3 Å². The van der Waals surface area contributed by atoms with E-state index in [4.69, 9.17) is 4.74 Å². The zero-order valence-electron chi connectivity index (χ0n) is 18.6. The fourth-order valence-electron chi connectivity index (χ4n) is 3.92. The number of ether oxygens (including phenoxy) is 1. The van der Waals surface area contributed by atoms with Gasteiger partial charge in [0.2, 0.25) is 0 Å². The summed E-state index contributed by atoms with van der Waals surface area (Å²) in [6, 6.07) is 8.12. The highest BCUT2D eigenvalue weighted by molar-refractivity contribution is 7.13. The topological polar surface area (TPSA) is 92.8 Å². The summed E-state index contributed by atoms with van der Waals surface area (Å²) in [5.41, 5.74) is -3.00. The van der Waals surface area contributed by atoms with E-state index in [9.17, 15) is 31.1 Å². The second-order valence-electron chi connectivity index (χ2n) is 8.14. The molecule has 2 N–H and O–H groups in total. The molecular formula is C22H19F6N5O2S. The van der Waals surface area contributed by atoms with Gasteiger partial charge in [0.1, 0.15) is 5.75 Å². The first-order chi connectivity index (χ1) is 16.9. The first-order valence-electron chi connectivity index (χ1n) is 10.6. The van der Waals surface area contributed by atoms with Crippen LogP contribution in [-0.2, 0) is 10.3 Å². The van der Waals surface area contributed by atoms with E-state index in [2.05, 4.69) is 25.9 Å². The van der Waals surface area contributed by atoms with Crippen LogP contribution >= 0.6 is 11.3 Å². The number of aromatic nitrogens is 4. The molecule has 1 amide bonds. The monoisotopic (exact) mass is 531 g/mol. The molecule has 1 aromatic carbocycles. The van der Waals surface area contributed by atoms with Crippen LogP contribution in [0, 0.1) is 6.92 Å². The lowest BCUT2D eigenvalue weighted by Gasteiger charge is -2.41. The number of aromatic amines is 1. The number of carbonyl (C=O) groups excluding carboxylic acids is 1. The molecule has 0 spiro atoms. The number of rotatable bonds is 7. The SMILES string of the molecule is Cc1ccc(C2=C(c3nnn[nH]3)C(=O)NC(c3ccc(OCCCC(F)(F)F)cc3)(C(F)(F)F)C2)s1. The van der Waals surface area contributed by atoms with Gasteiger partial charge in [0.15, 0.2) is 11.4 Å². The smallest absolute Gasteiger partial charge is 0.416 e. The van der Waals surface area contributed by atoms with Crippen LogP contribution in [0.4, 0.5) is 26.3 Å². The van der Waals surface area contributed by atoms with Crippen LogP contribution in [0.1, 0.15) is 40.4 Å². The van der Waals surface area contributed by atoms with Crippen LogP contribution in [0.25, 0.3) is 11.1 Å². The highest BCUT2D eigenvalue weighted by Gasteiger charge is 2.60. The van der Waals surface area contributed by atoms with Crippen molar-refractivity contribution in [1.82, 2.24) is 25.9 Å². The van der Waals surface area contributed by atoms with Crippen molar-refractivity contribution in [3.8, 4) is 5.75 Å². The van der Waals surface area contributed by atoms with Crippen molar-refractivity contribution in [3.63, 3.8) is 0 Å². The molecule has 192 valence electrons. The number of amides is 1. The van der Waals surface area contributed by atoms with Gasteiger partial charge in [0, 0.05) is 22.6 Å². The Kier molecular flexibility index (Phi) is 6.82. The molecule has 0 bridgehead atoms. The highest BCUT2D eigenvalue weighted by atomic mass is 32.1. The van der Waals surface area contributed by atoms with Crippen LogP contribution in [-0.4, -0.2) is 45.5 Å². The van der Waals surface area contributed by atoms with Crippen LogP contribution in [0.15, 0.2) is 36.4 Å². The van der Waals surface area contributed by atoms with Crippen molar-refractivity contribution in [2.24, 2.45) is 0 Å². The third-order valence-electron chi connectivity index (χ3n) is 5.62. The Balaban J connectivity index is 1.69. The second-order valence-corrected chi connectivity index (χ2v) is 9.43. The summed E-state index contributed by atoms with van der Waals surface area (Å²) < 4.78 is 86.1. The third kappa shape index (κ3) is 5.22. The van der Waals surface area contributed by atoms with Gasteiger partial charge in [-0.3, -0.25) is 4.79 Å². The average Bonchev–Trinajstić information content (AvgIpc) is 3.47. The van der Waals surface area contributed by atoms with E-state index in [1.165, 1.54) is 23.5 Å². The number of tetrazole rings is 1. The number of thiophene rings is 1. The Morgan fingerprint density at radius 1 is 1.08 bits per heavy atom. The molecule has 1 unspecified atom stereocenters. The van der Waals surface area contributed by atoms with Crippen molar-refractivity contribution >= 4 is 28.4 Å². The third-order valence-corrected chi connectivity index (χ3v) is 6.68. The molecule has 0 fully saturated rings. The molecular weight excluding hydrogens is 512 g/mol. The summed E-state index contributed by atoms with van der Waals surface area (Å²) in [7, 11) is 0. The van der Waals surface area contributed by atoms with Crippen molar-refractivity contribution in [2.45, 2.75) is 44.1 Å². The molecule has 7 nitrogen and oxygen atoms in total. The number of benzene rings is 1. The van der Waals surface area contributed by atoms with E-state index < -0.39 is 36.6 Å². The van der Waals surface area contributed by atoms with Crippen LogP contribution in [0.3, 0.4) is 0 Å². The molecule has 14 heteroatoms. The Labute approximate surface area is 204 Å². The van der Waals surface area contributed by atoms with Crippen molar-refractivity contribution in [2.75, 3.05) is 6.61 Å². The fourth-order valence-corrected chi connectivity index (χ4v) is 4.84. The number of halogens is 6. The summed E-state index contributed by atoms with van der Waals surface area (Å²) in [5.74, 6) is -0.962. The number of carbonyl (C=O) groups is 1. The fraction of sp³-hybridized carbons (Fsp3) is 0.364. The average molecular weight is 531 g/mol. The van der Waals surface area contributed by atoms with E-state index in [0.29, 0.717) is 4.88 Å². The minimum absolute atomic E-state index is 0.0630. The van der Waals surface area contributed by atoms with E-state index in [1.807, 2.05) is 0 Å². The van der Waals surface area contributed by atoms with Gasteiger partial charge in [-0.15, -0.1) is 16.4 Å². The molecule has 0 saturated heterocycles.